The van der Waals surface area contributed by atoms with Crippen molar-refractivity contribution in [3.8, 4) is 0 Å². The molecule has 82 valence electrons. The van der Waals surface area contributed by atoms with Crippen molar-refractivity contribution in [1.82, 2.24) is 10.2 Å². The molecule has 0 unspecified atom stereocenters. The average Bonchev–Trinajstić information content (AvgIpc) is 2.17. The fourth-order valence-electron chi connectivity index (χ4n) is 2.33. The van der Waals surface area contributed by atoms with E-state index < -0.39 is 0 Å². The second-order valence-corrected chi connectivity index (χ2v) is 4.95. The molecule has 1 aromatic rings. The highest BCUT2D eigenvalue weighted by Gasteiger charge is 2.22. The van der Waals surface area contributed by atoms with Gasteiger partial charge in [0.2, 0.25) is 0 Å². The van der Waals surface area contributed by atoms with E-state index in [1.54, 1.807) is 6.07 Å². The van der Waals surface area contributed by atoms with Gasteiger partial charge in [0.1, 0.15) is 0 Å². The average molecular weight is 226 g/mol. The minimum absolute atomic E-state index is 0.455. The Labute approximate surface area is 95.5 Å². The highest BCUT2D eigenvalue weighted by atomic mass is 35.5. The van der Waals surface area contributed by atoms with Crippen molar-refractivity contribution in [3.05, 3.63) is 17.3 Å². The highest BCUT2D eigenvalue weighted by Crippen LogP contribution is 2.24. The molecule has 1 saturated heterocycles. The van der Waals surface area contributed by atoms with Gasteiger partial charge in [-0.05, 0) is 30.4 Å². The van der Waals surface area contributed by atoms with E-state index in [9.17, 15) is 0 Å². The van der Waals surface area contributed by atoms with Crippen molar-refractivity contribution in [1.29, 1.82) is 0 Å². The van der Waals surface area contributed by atoms with Crippen LogP contribution in [-0.4, -0.2) is 23.3 Å². The zero-order chi connectivity index (χ0) is 10.8. The van der Waals surface area contributed by atoms with E-state index in [4.69, 9.17) is 11.6 Å². The van der Waals surface area contributed by atoms with Crippen LogP contribution < -0.4 is 4.90 Å². The molecule has 0 aliphatic carbocycles. The fourth-order valence-corrected chi connectivity index (χ4v) is 2.43. The minimum atomic E-state index is 0.455. The van der Waals surface area contributed by atoms with Crippen LogP contribution >= 0.6 is 11.6 Å². The highest BCUT2D eigenvalue weighted by molar-refractivity contribution is 6.29. The van der Waals surface area contributed by atoms with Crippen molar-refractivity contribution in [3.63, 3.8) is 0 Å². The second-order valence-electron chi connectivity index (χ2n) is 4.57. The molecule has 0 amide bonds. The van der Waals surface area contributed by atoms with E-state index >= 15 is 0 Å². The molecule has 3 nitrogen and oxygen atoms in total. The predicted molar refractivity (Wildman–Crippen MR) is 62.2 cm³/mol. The summed E-state index contributed by atoms with van der Waals surface area (Å²) >= 11 is 5.72. The van der Waals surface area contributed by atoms with E-state index in [0.717, 1.165) is 30.7 Å². The largest absolute Gasteiger partial charge is 0.355 e. The van der Waals surface area contributed by atoms with Crippen LogP contribution in [0.2, 0.25) is 5.15 Å². The Morgan fingerprint density at radius 3 is 2.40 bits per heavy atom. The van der Waals surface area contributed by atoms with Gasteiger partial charge in [-0.15, -0.1) is 10.2 Å². The number of piperidine rings is 1. The Bertz CT molecular complexity index is 315. The number of aromatic nitrogens is 2. The molecule has 4 heteroatoms. The molecule has 1 fully saturated rings. The van der Waals surface area contributed by atoms with Crippen LogP contribution in [0.4, 0.5) is 5.82 Å². The first-order chi connectivity index (χ1) is 7.15. The first-order valence-electron chi connectivity index (χ1n) is 5.39. The summed E-state index contributed by atoms with van der Waals surface area (Å²) in [6.07, 6.45) is 1.30. The van der Waals surface area contributed by atoms with Gasteiger partial charge in [-0.25, -0.2) is 0 Å². The summed E-state index contributed by atoms with van der Waals surface area (Å²) in [7, 11) is 0. The maximum absolute atomic E-state index is 5.72. The van der Waals surface area contributed by atoms with Crippen LogP contribution in [0.3, 0.4) is 0 Å². The zero-order valence-electron chi connectivity index (χ0n) is 9.15. The van der Waals surface area contributed by atoms with E-state index in [2.05, 4.69) is 28.9 Å². The molecule has 0 saturated carbocycles. The summed E-state index contributed by atoms with van der Waals surface area (Å²) in [5, 5.41) is 8.45. The van der Waals surface area contributed by atoms with Gasteiger partial charge >= 0.3 is 0 Å². The summed E-state index contributed by atoms with van der Waals surface area (Å²) in [5.41, 5.74) is 0. The summed E-state index contributed by atoms with van der Waals surface area (Å²) in [4.78, 5) is 2.29. The van der Waals surface area contributed by atoms with Gasteiger partial charge in [0.15, 0.2) is 11.0 Å². The molecule has 2 atom stereocenters. The van der Waals surface area contributed by atoms with Gasteiger partial charge in [0.05, 0.1) is 0 Å². The Kier molecular flexibility index (Phi) is 3.10. The summed E-state index contributed by atoms with van der Waals surface area (Å²) in [5.74, 6) is 2.40. The van der Waals surface area contributed by atoms with Crippen LogP contribution in [0.25, 0.3) is 0 Å². The first-order valence-corrected chi connectivity index (χ1v) is 5.77. The molecule has 2 heterocycles. The third kappa shape index (κ3) is 2.59. The molecule has 1 aliphatic rings. The van der Waals surface area contributed by atoms with Gasteiger partial charge in [0.25, 0.3) is 0 Å². The SMILES string of the molecule is C[C@@H]1C[C@@H](C)CN(c2ccc(Cl)nn2)C1. The van der Waals surface area contributed by atoms with Crippen molar-refractivity contribution in [2.75, 3.05) is 18.0 Å². The molecule has 0 N–H and O–H groups in total. The number of rotatable bonds is 1. The van der Waals surface area contributed by atoms with Gasteiger partial charge < -0.3 is 4.90 Å². The second kappa shape index (κ2) is 4.35. The molecule has 0 bridgehead atoms. The Hall–Kier alpha value is -0.830. The van der Waals surface area contributed by atoms with Crippen molar-refractivity contribution < 1.29 is 0 Å². The molecule has 0 radical (unpaired) electrons. The lowest BCUT2D eigenvalue weighted by atomic mass is 9.92. The van der Waals surface area contributed by atoms with Gasteiger partial charge in [-0.2, -0.15) is 0 Å². The van der Waals surface area contributed by atoms with Crippen molar-refractivity contribution in [2.45, 2.75) is 20.3 Å². The number of nitrogens with zero attached hydrogens (tertiary/aromatic N) is 3. The maximum Gasteiger partial charge on any atom is 0.151 e. The van der Waals surface area contributed by atoms with Crippen LogP contribution in [-0.2, 0) is 0 Å². The molecular formula is C11H16ClN3. The van der Waals surface area contributed by atoms with E-state index in [0.29, 0.717) is 5.15 Å². The summed E-state index contributed by atoms with van der Waals surface area (Å²) < 4.78 is 0. The zero-order valence-corrected chi connectivity index (χ0v) is 9.91. The lowest BCUT2D eigenvalue weighted by molar-refractivity contribution is 0.355. The number of hydrogen-bond donors (Lipinski definition) is 0. The van der Waals surface area contributed by atoms with E-state index in [-0.39, 0.29) is 0 Å². The van der Waals surface area contributed by atoms with Crippen LogP contribution in [0.5, 0.6) is 0 Å². The van der Waals surface area contributed by atoms with Crippen molar-refractivity contribution >= 4 is 17.4 Å². The first kappa shape index (κ1) is 10.7. The van der Waals surface area contributed by atoms with Gasteiger partial charge in [-0.3, -0.25) is 0 Å². The van der Waals surface area contributed by atoms with Crippen molar-refractivity contribution in [2.24, 2.45) is 11.8 Å². The summed E-state index contributed by atoms with van der Waals surface area (Å²) in [6, 6.07) is 3.74. The number of halogens is 1. The van der Waals surface area contributed by atoms with Gasteiger partial charge in [-0.1, -0.05) is 25.4 Å². The van der Waals surface area contributed by atoms with Crippen LogP contribution in [0.1, 0.15) is 20.3 Å². The molecule has 1 aliphatic heterocycles. The lowest BCUT2D eigenvalue weighted by Gasteiger charge is -2.35. The topological polar surface area (TPSA) is 29.0 Å². The number of hydrogen-bond acceptors (Lipinski definition) is 3. The Morgan fingerprint density at radius 1 is 1.20 bits per heavy atom. The predicted octanol–water partition coefficient (Wildman–Crippen LogP) is 2.61. The monoisotopic (exact) mass is 225 g/mol. The van der Waals surface area contributed by atoms with Crippen LogP contribution in [0, 0.1) is 11.8 Å². The standard InChI is InChI=1S/C11H16ClN3/c1-8-5-9(2)7-15(6-8)11-4-3-10(12)13-14-11/h3-4,8-9H,5-7H2,1-2H3/t8-,9-/m1/s1. The third-order valence-corrected chi connectivity index (χ3v) is 3.01. The normalized spacial score (nSPS) is 26.7. The smallest absolute Gasteiger partial charge is 0.151 e. The number of anilines is 1. The van der Waals surface area contributed by atoms with E-state index in [1.165, 1.54) is 6.42 Å². The van der Waals surface area contributed by atoms with E-state index in [1.807, 2.05) is 6.07 Å². The fraction of sp³-hybridized carbons (Fsp3) is 0.636. The quantitative estimate of drug-likeness (QED) is 0.736. The molecule has 0 aromatic carbocycles. The maximum atomic E-state index is 5.72. The molecule has 2 rings (SSSR count). The lowest BCUT2D eigenvalue weighted by Crippen LogP contribution is -2.39. The third-order valence-electron chi connectivity index (χ3n) is 2.81. The molecule has 1 aromatic heterocycles. The van der Waals surface area contributed by atoms with Gasteiger partial charge in [0, 0.05) is 13.1 Å². The Balaban J connectivity index is 2.12. The van der Waals surface area contributed by atoms with Crippen LogP contribution in [0.15, 0.2) is 12.1 Å². The molecular weight excluding hydrogens is 210 g/mol. The molecule has 15 heavy (non-hydrogen) atoms. The summed E-state index contributed by atoms with van der Waals surface area (Å²) in [6.45, 7) is 6.71. The molecule has 0 spiro atoms. The Morgan fingerprint density at radius 2 is 1.87 bits per heavy atom. The minimum Gasteiger partial charge on any atom is -0.355 e.